The number of nitrogens with zero attached hydrogens (tertiary/aromatic N) is 5. The van der Waals surface area contributed by atoms with E-state index in [-0.39, 0.29) is 5.82 Å². The first-order valence-corrected chi connectivity index (χ1v) is 7.18. The second-order valence-electron chi connectivity index (χ2n) is 5.17. The Morgan fingerprint density at radius 3 is 2.59 bits per heavy atom. The fourth-order valence-electron chi connectivity index (χ4n) is 2.54. The molecule has 0 amide bonds. The van der Waals surface area contributed by atoms with Gasteiger partial charge in [-0.25, -0.2) is 19.3 Å². The summed E-state index contributed by atoms with van der Waals surface area (Å²) < 4.78 is 18.7. The van der Waals surface area contributed by atoms with Crippen molar-refractivity contribution in [3.63, 3.8) is 0 Å². The SMILES string of the molecule is COc1ccc(CN2CCN(c3ncncc3F)CC2)cn1. The summed E-state index contributed by atoms with van der Waals surface area (Å²) in [6, 6.07) is 3.88. The highest BCUT2D eigenvalue weighted by atomic mass is 19.1. The number of methoxy groups -OCH3 is 1. The first-order valence-electron chi connectivity index (χ1n) is 7.18. The highest BCUT2D eigenvalue weighted by molar-refractivity contribution is 5.38. The molecule has 0 radical (unpaired) electrons. The summed E-state index contributed by atoms with van der Waals surface area (Å²) in [4.78, 5) is 16.2. The van der Waals surface area contributed by atoms with Gasteiger partial charge in [0.25, 0.3) is 0 Å². The van der Waals surface area contributed by atoms with Crippen LogP contribution in [0.25, 0.3) is 0 Å². The fraction of sp³-hybridized carbons (Fsp3) is 0.400. The quantitative estimate of drug-likeness (QED) is 0.849. The van der Waals surface area contributed by atoms with Gasteiger partial charge in [0.2, 0.25) is 5.88 Å². The summed E-state index contributed by atoms with van der Waals surface area (Å²) in [5.41, 5.74) is 1.14. The van der Waals surface area contributed by atoms with Crippen molar-refractivity contribution in [2.75, 3.05) is 38.2 Å². The molecule has 0 unspecified atom stereocenters. The number of piperazine rings is 1. The maximum atomic E-state index is 13.7. The average molecular weight is 303 g/mol. The van der Waals surface area contributed by atoms with Crippen molar-refractivity contribution in [2.45, 2.75) is 6.54 Å². The third kappa shape index (κ3) is 3.30. The number of pyridine rings is 1. The van der Waals surface area contributed by atoms with Crippen LogP contribution in [-0.4, -0.2) is 53.1 Å². The molecule has 1 saturated heterocycles. The third-order valence-corrected chi connectivity index (χ3v) is 3.73. The van der Waals surface area contributed by atoms with Crippen LogP contribution in [0, 0.1) is 5.82 Å². The Kier molecular flexibility index (Phi) is 4.43. The molecule has 0 N–H and O–H groups in total. The summed E-state index contributed by atoms with van der Waals surface area (Å²) in [5, 5.41) is 0. The van der Waals surface area contributed by atoms with E-state index in [1.54, 1.807) is 7.11 Å². The maximum Gasteiger partial charge on any atom is 0.212 e. The monoisotopic (exact) mass is 303 g/mol. The van der Waals surface area contributed by atoms with Crippen LogP contribution in [-0.2, 0) is 6.54 Å². The van der Waals surface area contributed by atoms with Crippen LogP contribution < -0.4 is 9.64 Å². The molecule has 0 atom stereocenters. The molecule has 1 fully saturated rings. The number of hydrogen-bond donors (Lipinski definition) is 0. The Labute approximate surface area is 128 Å². The van der Waals surface area contributed by atoms with Crippen LogP contribution in [0.2, 0.25) is 0 Å². The number of hydrogen-bond acceptors (Lipinski definition) is 6. The van der Waals surface area contributed by atoms with Gasteiger partial charge in [-0.2, -0.15) is 0 Å². The van der Waals surface area contributed by atoms with Crippen LogP contribution in [0.15, 0.2) is 30.9 Å². The average Bonchev–Trinajstić information content (AvgIpc) is 2.57. The highest BCUT2D eigenvalue weighted by Gasteiger charge is 2.20. The summed E-state index contributed by atoms with van der Waals surface area (Å²) in [6.45, 7) is 4.04. The second kappa shape index (κ2) is 6.65. The van der Waals surface area contributed by atoms with Crippen molar-refractivity contribution in [1.29, 1.82) is 0 Å². The van der Waals surface area contributed by atoms with E-state index < -0.39 is 0 Å². The molecule has 6 nitrogen and oxygen atoms in total. The summed E-state index contributed by atoms with van der Waals surface area (Å²) in [5.74, 6) is 0.642. The summed E-state index contributed by atoms with van der Waals surface area (Å²) in [7, 11) is 1.60. The lowest BCUT2D eigenvalue weighted by atomic mass is 10.2. The predicted molar refractivity (Wildman–Crippen MR) is 80.3 cm³/mol. The highest BCUT2D eigenvalue weighted by Crippen LogP contribution is 2.17. The van der Waals surface area contributed by atoms with Crippen molar-refractivity contribution in [1.82, 2.24) is 19.9 Å². The Balaban J connectivity index is 1.56. The smallest absolute Gasteiger partial charge is 0.212 e. The Morgan fingerprint density at radius 1 is 1.14 bits per heavy atom. The van der Waals surface area contributed by atoms with Crippen molar-refractivity contribution in [3.05, 3.63) is 42.2 Å². The molecule has 116 valence electrons. The van der Waals surface area contributed by atoms with Crippen molar-refractivity contribution < 1.29 is 9.13 Å². The minimum Gasteiger partial charge on any atom is -0.481 e. The zero-order chi connectivity index (χ0) is 15.4. The molecule has 7 heteroatoms. The zero-order valence-corrected chi connectivity index (χ0v) is 12.4. The molecule has 0 spiro atoms. The molecule has 0 bridgehead atoms. The van der Waals surface area contributed by atoms with Gasteiger partial charge < -0.3 is 9.64 Å². The molecule has 0 aliphatic carbocycles. The molecule has 3 heterocycles. The van der Waals surface area contributed by atoms with Gasteiger partial charge in [0.15, 0.2) is 11.6 Å². The van der Waals surface area contributed by atoms with Gasteiger partial charge >= 0.3 is 0 Å². The Bertz CT molecular complexity index is 614. The third-order valence-electron chi connectivity index (χ3n) is 3.73. The normalized spacial score (nSPS) is 15.8. The van der Waals surface area contributed by atoms with Crippen LogP contribution >= 0.6 is 0 Å². The first-order chi connectivity index (χ1) is 10.8. The number of aromatic nitrogens is 3. The van der Waals surface area contributed by atoms with E-state index in [0.717, 1.165) is 38.3 Å². The molecular formula is C15H18FN5O. The largest absolute Gasteiger partial charge is 0.481 e. The number of halogens is 1. The number of ether oxygens (including phenoxy) is 1. The van der Waals surface area contributed by atoms with Crippen LogP contribution in [0.4, 0.5) is 10.2 Å². The second-order valence-corrected chi connectivity index (χ2v) is 5.17. The molecule has 1 aliphatic heterocycles. The van der Waals surface area contributed by atoms with E-state index in [1.807, 2.05) is 23.2 Å². The topological polar surface area (TPSA) is 54.4 Å². The van der Waals surface area contributed by atoms with Crippen molar-refractivity contribution in [2.24, 2.45) is 0 Å². The minimum atomic E-state index is -0.365. The standard InChI is InChI=1S/C15H18FN5O/c1-22-14-3-2-12(8-18-14)10-20-4-6-21(7-5-20)15-13(16)9-17-11-19-15/h2-3,8-9,11H,4-7,10H2,1H3. The van der Waals surface area contributed by atoms with Crippen LogP contribution in [0.5, 0.6) is 5.88 Å². The van der Waals surface area contributed by atoms with Gasteiger partial charge in [-0.05, 0) is 5.56 Å². The van der Waals surface area contributed by atoms with Crippen LogP contribution in [0.3, 0.4) is 0 Å². The van der Waals surface area contributed by atoms with E-state index in [4.69, 9.17) is 4.74 Å². The fourth-order valence-corrected chi connectivity index (χ4v) is 2.54. The van der Waals surface area contributed by atoms with Gasteiger partial charge in [-0.3, -0.25) is 4.90 Å². The van der Waals surface area contributed by atoms with Gasteiger partial charge in [0.1, 0.15) is 6.33 Å². The summed E-state index contributed by atoms with van der Waals surface area (Å²) >= 11 is 0. The van der Waals surface area contributed by atoms with Crippen LogP contribution in [0.1, 0.15) is 5.56 Å². The van der Waals surface area contributed by atoms with E-state index >= 15 is 0 Å². The minimum absolute atomic E-state index is 0.365. The van der Waals surface area contributed by atoms with Gasteiger partial charge in [0.05, 0.1) is 13.3 Å². The molecule has 22 heavy (non-hydrogen) atoms. The molecule has 3 rings (SSSR count). The lowest BCUT2D eigenvalue weighted by Crippen LogP contribution is -2.46. The number of anilines is 1. The molecule has 0 aromatic carbocycles. The number of rotatable bonds is 4. The predicted octanol–water partition coefficient (Wildman–Crippen LogP) is 1.34. The van der Waals surface area contributed by atoms with Gasteiger partial charge in [-0.1, -0.05) is 6.07 Å². The summed E-state index contributed by atoms with van der Waals surface area (Å²) in [6.07, 6.45) is 4.42. The van der Waals surface area contributed by atoms with E-state index in [0.29, 0.717) is 11.7 Å². The molecule has 1 aliphatic rings. The molecule has 2 aromatic heterocycles. The molecular weight excluding hydrogens is 285 g/mol. The van der Waals surface area contributed by atoms with Gasteiger partial charge in [-0.15, -0.1) is 0 Å². The van der Waals surface area contributed by atoms with E-state index in [1.165, 1.54) is 12.5 Å². The molecule has 2 aromatic rings. The van der Waals surface area contributed by atoms with Crippen molar-refractivity contribution >= 4 is 5.82 Å². The zero-order valence-electron chi connectivity index (χ0n) is 12.4. The lowest BCUT2D eigenvalue weighted by molar-refractivity contribution is 0.248. The van der Waals surface area contributed by atoms with E-state index in [2.05, 4.69) is 19.9 Å². The van der Waals surface area contributed by atoms with Crippen molar-refractivity contribution in [3.8, 4) is 5.88 Å². The Morgan fingerprint density at radius 2 is 1.95 bits per heavy atom. The van der Waals surface area contributed by atoms with Gasteiger partial charge in [0, 0.05) is 45.0 Å². The lowest BCUT2D eigenvalue weighted by Gasteiger charge is -2.35. The maximum absolute atomic E-state index is 13.7. The first kappa shape index (κ1) is 14.6. The Hall–Kier alpha value is -2.28. The molecule has 0 saturated carbocycles. The van der Waals surface area contributed by atoms with E-state index in [9.17, 15) is 4.39 Å².